The molecule has 4 aromatic rings. The van der Waals surface area contributed by atoms with E-state index in [1.54, 1.807) is 6.20 Å². The first-order chi connectivity index (χ1) is 14.5. The number of rotatable bonds is 6. The largest absolute Gasteiger partial charge is 0.489 e. The fraction of sp³-hybridized carbons (Fsp3) is 0.250. The monoisotopic (exact) mass is 408 g/mol. The van der Waals surface area contributed by atoms with Crippen LogP contribution < -0.4 is 21.3 Å². The minimum atomic E-state index is -0.495. The third-order valence-corrected chi connectivity index (χ3v) is 4.81. The predicted molar refractivity (Wildman–Crippen MR) is 110 cm³/mol. The SMILES string of the molecule is Cn1c(=O)c2c(ncn2CC(=O)NCCOc2cccc3cccnc23)n(C)c1=O. The van der Waals surface area contributed by atoms with Crippen molar-refractivity contribution >= 4 is 28.0 Å². The van der Waals surface area contributed by atoms with Gasteiger partial charge in [-0.15, -0.1) is 0 Å². The second-order valence-electron chi connectivity index (χ2n) is 6.78. The average Bonchev–Trinajstić information content (AvgIpc) is 3.17. The highest BCUT2D eigenvalue weighted by molar-refractivity contribution is 5.84. The Hall–Kier alpha value is -3.95. The van der Waals surface area contributed by atoms with Crippen LogP contribution in [-0.2, 0) is 25.4 Å². The molecule has 1 N–H and O–H groups in total. The van der Waals surface area contributed by atoms with Crippen molar-refractivity contribution in [3.05, 3.63) is 63.7 Å². The van der Waals surface area contributed by atoms with Gasteiger partial charge in [0.25, 0.3) is 5.56 Å². The highest BCUT2D eigenvalue weighted by atomic mass is 16.5. The van der Waals surface area contributed by atoms with Crippen LogP contribution in [0.5, 0.6) is 5.75 Å². The number of carbonyl (C=O) groups excluding carboxylic acids is 1. The molecule has 0 bridgehead atoms. The van der Waals surface area contributed by atoms with Gasteiger partial charge in [0.15, 0.2) is 11.2 Å². The Morgan fingerprint density at radius 1 is 1.10 bits per heavy atom. The number of aromatic nitrogens is 5. The van der Waals surface area contributed by atoms with E-state index in [2.05, 4.69) is 15.3 Å². The number of nitrogens with one attached hydrogen (secondary N) is 1. The van der Waals surface area contributed by atoms with Crippen LogP contribution in [0.15, 0.2) is 52.4 Å². The summed E-state index contributed by atoms with van der Waals surface area (Å²) in [5.41, 5.74) is 0.237. The summed E-state index contributed by atoms with van der Waals surface area (Å²) in [5, 5.41) is 3.73. The van der Waals surface area contributed by atoms with Crippen molar-refractivity contribution in [3.63, 3.8) is 0 Å². The Labute approximate surface area is 170 Å². The molecule has 154 valence electrons. The molecule has 30 heavy (non-hydrogen) atoms. The van der Waals surface area contributed by atoms with E-state index in [0.29, 0.717) is 5.75 Å². The Bertz CT molecular complexity index is 1360. The molecule has 0 saturated heterocycles. The van der Waals surface area contributed by atoms with E-state index < -0.39 is 11.2 Å². The summed E-state index contributed by atoms with van der Waals surface area (Å²) < 4.78 is 9.45. The van der Waals surface area contributed by atoms with Gasteiger partial charge in [-0.1, -0.05) is 18.2 Å². The van der Waals surface area contributed by atoms with Crippen molar-refractivity contribution in [1.82, 2.24) is 29.0 Å². The number of fused-ring (bicyclic) bond motifs is 2. The van der Waals surface area contributed by atoms with Gasteiger partial charge in [0, 0.05) is 25.7 Å². The summed E-state index contributed by atoms with van der Waals surface area (Å²) in [6.45, 7) is 0.452. The van der Waals surface area contributed by atoms with Crippen LogP contribution in [0.4, 0.5) is 0 Å². The smallest absolute Gasteiger partial charge is 0.332 e. The molecule has 10 heteroatoms. The van der Waals surface area contributed by atoms with E-state index >= 15 is 0 Å². The number of aryl methyl sites for hydroxylation is 1. The zero-order valence-corrected chi connectivity index (χ0v) is 16.5. The Morgan fingerprint density at radius 3 is 2.73 bits per heavy atom. The third-order valence-electron chi connectivity index (χ3n) is 4.81. The van der Waals surface area contributed by atoms with Crippen LogP contribution in [0.1, 0.15) is 0 Å². The van der Waals surface area contributed by atoms with Crippen LogP contribution in [0.25, 0.3) is 22.1 Å². The van der Waals surface area contributed by atoms with Gasteiger partial charge < -0.3 is 14.6 Å². The van der Waals surface area contributed by atoms with Crippen LogP contribution >= 0.6 is 0 Å². The molecule has 1 aromatic carbocycles. The first-order valence-electron chi connectivity index (χ1n) is 9.31. The standard InChI is InChI=1S/C20H20N6O4/c1-24-18-17(19(28)25(2)20(24)29)26(12-23-18)11-15(27)21-9-10-30-14-7-3-5-13-6-4-8-22-16(13)14/h3-8,12H,9-11H2,1-2H3,(H,21,27). The van der Waals surface area contributed by atoms with Crippen LogP contribution in [0.2, 0.25) is 0 Å². The van der Waals surface area contributed by atoms with Gasteiger partial charge >= 0.3 is 5.69 Å². The minimum Gasteiger partial charge on any atom is -0.489 e. The van der Waals surface area contributed by atoms with Crippen molar-refractivity contribution in [1.29, 1.82) is 0 Å². The molecule has 0 aliphatic rings. The minimum absolute atomic E-state index is 0.0975. The molecule has 1 amide bonds. The topological polar surface area (TPSA) is 113 Å². The number of carbonyl (C=O) groups is 1. The lowest BCUT2D eigenvalue weighted by Crippen LogP contribution is -2.38. The van der Waals surface area contributed by atoms with Crippen LogP contribution in [0.3, 0.4) is 0 Å². The molecule has 0 aliphatic carbocycles. The maximum absolute atomic E-state index is 12.4. The summed E-state index contributed by atoms with van der Waals surface area (Å²) in [7, 11) is 2.92. The molecular formula is C20H20N6O4. The fourth-order valence-corrected chi connectivity index (χ4v) is 3.27. The maximum atomic E-state index is 12.4. The first kappa shape index (κ1) is 19.4. The Morgan fingerprint density at radius 2 is 1.90 bits per heavy atom. The van der Waals surface area contributed by atoms with Gasteiger partial charge in [0.2, 0.25) is 5.91 Å². The van der Waals surface area contributed by atoms with Gasteiger partial charge in [0.05, 0.1) is 12.9 Å². The molecule has 0 spiro atoms. The molecule has 0 aliphatic heterocycles. The lowest BCUT2D eigenvalue weighted by Gasteiger charge is -2.10. The summed E-state index contributed by atoms with van der Waals surface area (Å²) in [6, 6.07) is 9.47. The van der Waals surface area contributed by atoms with Gasteiger partial charge in [-0.2, -0.15) is 0 Å². The quantitative estimate of drug-likeness (QED) is 0.455. The van der Waals surface area contributed by atoms with E-state index in [4.69, 9.17) is 4.74 Å². The fourth-order valence-electron chi connectivity index (χ4n) is 3.27. The van der Waals surface area contributed by atoms with E-state index in [1.165, 1.54) is 29.6 Å². The zero-order chi connectivity index (χ0) is 21.3. The molecule has 0 fully saturated rings. The predicted octanol–water partition coefficient (Wildman–Crippen LogP) is 0.177. The summed E-state index contributed by atoms with van der Waals surface area (Å²) >= 11 is 0. The van der Waals surface area contributed by atoms with E-state index in [0.717, 1.165) is 15.5 Å². The Balaban J connectivity index is 1.40. The van der Waals surface area contributed by atoms with Crippen LogP contribution in [-0.4, -0.2) is 42.7 Å². The lowest BCUT2D eigenvalue weighted by molar-refractivity contribution is -0.121. The normalized spacial score (nSPS) is 11.1. The highest BCUT2D eigenvalue weighted by Gasteiger charge is 2.15. The van der Waals surface area contributed by atoms with Crippen LogP contribution in [0, 0.1) is 0 Å². The van der Waals surface area contributed by atoms with E-state index in [9.17, 15) is 14.4 Å². The Kier molecular flexibility index (Phi) is 5.05. The van der Waals surface area contributed by atoms with Gasteiger partial charge in [-0.3, -0.25) is 23.7 Å². The lowest BCUT2D eigenvalue weighted by atomic mass is 10.2. The molecule has 0 radical (unpaired) electrons. The molecule has 0 atom stereocenters. The molecule has 4 rings (SSSR count). The zero-order valence-electron chi connectivity index (χ0n) is 16.5. The maximum Gasteiger partial charge on any atom is 0.332 e. The molecule has 10 nitrogen and oxygen atoms in total. The molecule has 0 unspecified atom stereocenters. The second-order valence-corrected chi connectivity index (χ2v) is 6.78. The summed E-state index contributed by atoms with van der Waals surface area (Å²) in [6.07, 6.45) is 3.08. The van der Waals surface area contributed by atoms with Crippen molar-refractivity contribution in [2.24, 2.45) is 14.1 Å². The van der Waals surface area contributed by atoms with Crippen molar-refractivity contribution < 1.29 is 9.53 Å². The van der Waals surface area contributed by atoms with Crippen molar-refractivity contribution in [2.75, 3.05) is 13.2 Å². The summed E-state index contributed by atoms with van der Waals surface area (Å²) in [4.78, 5) is 45.2. The van der Waals surface area contributed by atoms with E-state index in [1.807, 2.05) is 30.3 Å². The number of para-hydroxylation sites is 1. The first-order valence-corrected chi connectivity index (χ1v) is 9.31. The van der Waals surface area contributed by atoms with Gasteiger partial charge in [-0.05, 0) is 12.1 Å². The number of hydrogen-bond donors (Lipinski definition) is 1. The number of nitrogens with zero attached hydrogens (tertiary/aromatic N) is 5. The number of imidazole rings is 1. The number of ether oxygens (including phenoxy) is 1. The summed E-state index contributed by atoms with van der Waals surface area (Å²) in [5.74, 6) is 0.345. The second kappa shape index (κ2) is 7.82. The molecule has 0 saturated carbocycles. The third kappa shape index (κ3) is 3.43. The van der Waals surface area contributed by atoms with Gasteiger partial charge in [-0.25, -0.2) is 9.78 Å². The van der Waals surface area contributed by atoms with E-state index in [-0.39, 0.29) is 36.8 Å². The number of benzene rings is 1. The highest BCUT2D eigenvalue weighted by Crippen LogP contribution is 2.22. The number of pyridine rings is 1. The number of amides is 1. The number of hydrogen-bond acceptors (Lipinski definition) is 6. The molecular weight excluding hydrogens is 388 g/mol. The van der Waals surface area contributed by atoms with Gasteiger partial charge in [0.1, 0.15) is 24.4 Å². The molecule has 3 aromatic heterocycles. The van der Waals surface area contributed by atoms with Crippen molar-refractivity contribution in [2.45, 2.75) is 6.54 Å². The average molecular weight is 408 g/mol. The molecule has 3 heterocycles. The van der Waals surface area contributed by atoms with Crippen molar-refractivity contribution in [3.8, 4) is 5.75 Å².